The summed E-state index contributed by atoms with van der Waals surface area (Å²) >= 11 is 1.75. The number of thiophene rings is 1. The molecule has 2 rings (SSSR count). The number of nitrogens with two attached hydrogens (primary N) is 1. The summed E-state index contributed by atoms with van der Waals surface area (Å²) in [7, 11) is 1.91. The summed E-state index contributed by atoms with van der Waals surface area (Å²) in [4.78, 5) is 5.64. The third kappa shape index (κ3) is 4.75. The highest BCUT2D eigenvalue weighted by molar-refractivity contribution is 7.09. The Balaban J connectivity index is 1.64. The third-order valence-corrected chi connectivity index (χ3v) is 3.63. The molecule has 0 aliphatic carbocycles. The Morgan fingerprint density at radius 2 is 2.42 bits per heavy atom. The molecule has 0 fully saturated rings. The maximum atomic E-state index is 5.80. The van der Waals surface area contributed by atoms with Crippen LogP contribution in [0.25, 0.3) is 0 Å². The highest BCUT2D eigenvalue weighted by Crippen LogP contribution is 2.08. The van der Waals surface area contributed by atoms with Gasteiger partial charge in [0.1, 0.15) is 0 Å². The number of aliphatic imine (C=N–C) groups is 1. The summed E-state index contributed by atoms with van der Waals surface area (Å²) in [5, 5.41) is 9.31. The van der Waals surface area contributed by atoms with Gasteiger partial charge in [-0.1, -0.05) is 6.07 Å². The summed E-state index contributed by atoms with van der Waals surface area (Å²) in [6.45, 7) is 1.51. The van der Waals surface area contributed by atoms with Crippen LogP contribution in [-0.2, 0) is 19.9 Å². The monoisotopic (exact) mass is 277 g/mol. The van der Waals surface area contributed by atoms with Gasteiger partial charge in [0.05, 0.1) is 6.20 Å². The zero-order chi connectivity index (χ0) is 13.5. The van der Waals surface area contributed by atoms with Crippen LogP contribution in [0.3, 0.4) is 0 Å². The first-order valence-corrected chi connectivity index (χ1v) is 7.15. The average Bonchev–Trinajstić information content (AvgIpc) is 3.01. The van der Waals surface area contributed by atoms with Crippen molar-refractivity contribution in [2.45, 2.75) is 12.8 Å². The molecule has 19 heavy (non-hydrogen) atoms. The Bertz CT molecular complexity index is 515. The Morgan fingerprint density at radius 1 is 1.53 bits per heavy atom. The summed E-state index contributed by atoms with van der Waals surface area (Å²) in [6, 6.07) is 4.17. The molecule has 0 aliphatic heterocycles. The number of rotatable bonds is 6. The van der Waals surface area contributed by atoms with Crippen molar-refractivity contribution < 1.29 is 0 Å². The molecule has 102 valence electrons. The molecule has 0 saturated carbocycles. The second kappa shape index (κ2) is 6.94. The van der Waals surface area contributed by atoms with E-state index in [2.05, 4.69) is 32.9 Å². The largest absolute Gasteiger partial charge is 0.370 e. The Labute approximate surface area is 117 Å². The Hall–Kier alpha value is -1.82. The standard InChI is InChI=1S/C13H19N5S/c1-18-10-11(9-17-18)4-6-15-13(14)16-7-5-12-3-2-8-19-12/h2-3,8-10H,4-7H2,1H3,(H3,14,15,16). The van der Waals surface area contributed by atoms with Gasteiger partial charge in [0, 0.05) is 37.6 Å². The van der Waals surface area contributed by atoms with Gasteiger partial charge in [0.15, 0.2) is 5.96 Å². The van der Waals surface area contributed by atoms with Crippen LogP contribution in [-0.4, -0.2) is 28.8 Å². The average molecular weight is 277 g/mol. The molecule has 0 spiro atoms. The molecule has 3 N–H and O–H groups in total. The quantitative estimate of drug-likeness (QED) is 0.615. The normalized spacial score (nSPS) is 11.7. The van der Waals surface area contributed by atoms with Gasteiger partial charge in [0.25, 0.3) is 0 Å². The molecular formula is C13H19N5S. The van der Waals surface area contributed by atoms with Gasteiger partial charge in [-0.2, -0.15) is 5.10 Å². The summed E-state index contributed by atoms with van der Waals surface area (Å²) in [5.41, 5.74) is 7.00. The number of hydrogen-bond acceptors (Lipinski definition) is 3. The summed E-state index contributed by atoms with van der Waals surface area (Å²) in [5.74, 6) is 0.514. The van der Waals surface area contributed by atoms with Crippen LogP contribution < -0.4 is 11.1 Å². The number of hydrogen-bond donors (Lipinski definition) is 2. The third-order valence-electron chi connectivity index (χ3n) is 2.70. The molecule has 6 heteroatoms. The number of guanidine groups is 1. The lowest BCUT2D eigenvalue weighted by molar-refractivity contribution is 0.766. The Morgan fingerprint density at radius 3 is 3.11 bits per heavy atom. The van der Waals surface area contributed by atoms with Crippen molar-refractivity contribution in [1.29, 1.82) is 0 Å². The topological polar surface area (TPSA) is 68.2 Å². The van der Waals surface area contributed by atoms with Gasteiger partial charge in [0.2, 0.25) is 0 Å². The molecule has 0 unspecified atom stereocenters. The maximum absolute atomic E-state index is 5.80. The molecule has 0 bridgehead atoms. The zero-order valence-electron chi connectivity index (χ0n) is 11.0. The lowest BCUT2D eigenvalue weighted by Crippen LogP contribution is -2.33. The molecule has 2 heterocycles. The predicted octanol–water partition coefficient (Wildman–Crippen LogP) is 1.17. The number of aryl methyl sites for hydroxylation is 1. The molecule has 0 saturated heterocycles. The van der Waals surface area contributed by atoms with Crippen LogP contribution in [0, 0.1) is 0 Å². The Kier molecular flexibility index (Phi) is 4.97. The van der Waals surface area contributed by atoms with Crippen LogP contribution in [0.4, 0.5) is 0 Å². The van der Waals surface area contributed by atoms with Gasteiger partial charge in [-0.15, -0.1) is 11.3 Å². The van der Waals surface area contributed by atoms with E-state index >= 15 is 0 Å². The predicted molar refractivity (Wildman–Crippen MR) is 79.4 cm³/mol. The van der Waals surface area contributed by atoms with E-state index in [4.69, 9.17) is 5.73 Å². The molecule has 0 radical (unpaired) electrons. The zero-order valence-corrected chi connectivity index (χ0v) is 11.9. The smallest absolute Gasteiger partial charge is 0.188 e. The fourth-order valence-electron chi connectivity index (χ4n) is 1.73. The number of nitrogens with one attached hydrogen (secondary N) is 1. The van der Waals surface area contributed by atoms with E-state index in [-0.39, 0.29) is 0 Å². The van der Waals surface area contributed by atoms with Crippen LogP contribution in [0.5, 0.6) is 0 Å². The second-order valence-electron chi connectivity index (χ2n) is 4.30. The van der Waals surface area contributed by atoms with Crippen molar-refractivity contribution in [2.24, 2.45) is 17.8 Å². The first kappa shape index (κ1) is 13.6. The van der Waals surface area contributed by atoms with E-state index in [9.17, 15) is 0 Å². The van der Waals surface area contributed by atoms with Gasteiger partial charge >= 0.3 is 0 Å². The first-order chi connectivity index (χ1) is 9.24. The minimum Gasteiger partial charge on any atom is -0.370 e. The van der Waals surface area contributed by atoms with Gasteiger partial charge < -0.3 is 11.1 Å². The maximum Gasteiger partial charge on any atom is 0.188 e. The fraction of sp³-hybridized carbons (Fsp3) is 0.385. The van der Waals surface area contributed by atoms with Crippen LogP contribution in [0.2, 0.25) is 0 Å². The molecule has 0 aromatic carbocycles. The van der Waals surface area contributed by atoms with Crippen LogP contribution >= 0.6 is 11.3 Å². The minimum absolute atomic E-state index is 0.514. The van der Waals surface area contributed by atoms with Gasteiger partial charge in [-0.25, -0.2) is 0 Å². The van der Waals surface area contributed by atoms with Crippen molar-refractivity contribution in [3.05, 3.63) is 40.3 Å². The van der Waals surface area contributed by atoms with Crippen molar-refractivity contribution >= 4 is 17.3 Å². The number of nitrogens with zero attached hydrogens (tertiary/aromatic N) is 3. The number of aromatic nitrogens is 2. The lowest BCUT2D eigenvalue weighted by Gasteiger charge is -2.04. The van der Waals surface area contributed by atoms with E-state index < -0.39 is 0 Å². The minimum atomic E-state index is 0.514. The highest BCUT2D eigenvalue weighted by Gasteiger charge is 1.97. The molecule has 5 nitrogen and oxygen atoms in total. The molecule has 0 atom stereocenters. The van der Waals surface area contributed by atoms with E-state index in [0.717, 1.165) is 25.9 Å². The van der Waals surface area contributed by atoms with E-state index in [1.165, 1.54) is 10.4 Å². The first-order valence-electron chi connectivity index (χ1n) is 6.28. The highest BCUT2D eigenvalue weighted by atomic mass is 32.1. The van der Waals surface area contributed by atoms with E-state index in [1.54, 1.807) is 16.0 Å². The van der Waals surface area contributed by atoms with E-state index in [0.29, 0.717) is 5.96 Å². The molecule has 0 amide bonds. The SMILES string of the molecule is Cn1cc(CCNC(N)=NCCc2cccs2)cn1. The second-order valence-corrected chi connectivity index (χ2v) is 5.33. The van der Waals surface area contributed by atoms with Crippen molar-refractivity contribution in [3.8, 4) is 0 Å². The van der Waals surface area contributed by atoms with Gasteiger partial charge in [-0.3, -0.25) is 9.67 Å². The molecule has 2 aromatic heterocycles. The summed E-state index contributed by atoms with van der Waals surface area (Å²) < 4.78 is 1.80. The van der Waals surface area contributed by atoms with Crippen molar-refractivity contribution in [1.82, 2.24) is 15.1 Å². The molecule has 0 aliphatic rings. The fourth-order valence-corrected chi connectivity index (χ4v) is 2.43. The van der Waals surface area contributed by atoms with E-state index in [1.807, 2.05) is 19.4 Å². The summed E-state index contributed by atoms with van der Waals surface area (Å²) in [6.07, 6.45) is 5.72. The van der Waals surface area contributed by atoms with Crippen molar-refractivity contribution in [2.75, 3.05) is 13.1 Å². The molecular weight excluding hydrogens is 258 g/mol. The van der Waals surface area contributed by atoms with Crippen LogP contribution in [0.15, 0.2) is 34.9 Å². The van der Waals surface area contributed by atoms with Crippen LogP contribution in [0.1, 0.15) is 10.4 Å². The molecule has 2 aromatic rings. The van der Waals surface area contributed by atoms with Crippen molar-refractivity contribution in [3.63, 3.8) is 0 Å². The van der Waals surface area contributed by atoms with Gasteiger partial charge in [-0.05, 0) is 23.4 Å². The lowest BCUT2D eigenvalue weighted by atomic mass is 10.2.